The zero-order valence-electron chi connectivity index (χ0n) is 12.2. The SMILES string of the molecule is CC(=O)OC1=CC=CC2=CC3=CC(C)(C)CCC3OC21. The predicted molar refractivity (Wildman–Crippen MR) is 76.8 cm³/mol. The number of ether oxygens (including phenoxy) is 2. The molecule has 3 rings (SSSR count). The van der Waals surface area contributed by atoms with Gasteiger partial charge in [0, 0.05) is 6.92 Å². The molecule has 0 saturated carbocycles. The molecule has 3 aliphatic rings. The molecule has 106 valence electrons. The van der Waals surface area contributed by atoms with Crippen molar-refractivity contribution < 1.29 is 14.3 Å². The Labute approximate surface area is 119 Å². The van der Waals surface area contributed by atoms with E-state index in [0.29, 0.717) is 5.76 Å². The highest BCUT2D eigenvalue weighted by molar-refractivity contribution is 5.68. The summed E-state index contributed by atoms with van der Waals surface area (Å²) in [6.45, 7) is 5.92. The van der Waals surface area contributed by atoms with Gasteiger partial charge in [-0.3, -0.25) is 4.79 Å². The summed E-state index contributed by atoms with van der Waals surface area (Å²) in [6, 6.07) is 0. The van der Waals surface area contributed by atoms with Gasteiger partial charge >= 0.3 is 5.97 Å². The van der Waals surface area contributed by atoms with E-state index in [4.69, 9.17) is 9.47 Å². The normalized spacial score (nSPS) is 30.4. The maximum absolute atomic E-state index is 11.2. The van der Waals surface area contributed by atoms with Crippen molar-refractivity contribution in [2.24, 2.45) is 5.41 Å². The van der Waals surface area contributed by atoms with E-state index >= 15 is 0 Å². The van der Waals surface area contributed by atoms with Crippen molar-refractivity contribution in [3.63, 3.8) is 0 Å². The molecule has 20 heavy (non-hydrogen) atoms. The van der Waals surface area contributed by atoms with E-state index in [1.54, 1.807) is 0 Å². The quantitative estimate of drug-likeness (QED) is 0.686. The summed E-state index contributed by atoms with van der Waals surface area (Å²) >= 11 is 0. The molecule has 3 nitrogen and oxygen atoms in total. The van der Waals surface area contributed by atoms with Crippen LogP contribution in [0.5, 0.6) is 0 Å². The molecule has 3 heteroatoms. The summed E-state index contributed by atoms with van der Waals surface area (Å²) in [5.74, 6) is 0.288. The minimum Gasteiger partial charge on any atom is -0.428 e. The third-order valence-corrected chi connectivity index (χ3v) is 3.99. The molecule has 0 fully saturated rings. The van der Waals surface area contributed by atoms with Crippen LogP contribution in [0.15, 0.2) is 47.3 Å². The predicted octanol–water partition coefficient (Wildman–Crippen LogP) is 3.44. The first-order valence-corrected chi connectivity index (χ1v) is 7.11. The fourth-order valence-corrected chi connectivity index (χ4v) is 3.04. The molecule has 1 heterocycles. The minimum atomic E-state index is -0.305. The van der Waals surface area contributed by atoms with Crippen molar-refractivity contribution in [3.05, 3.63) is 47.3 Å². The van der Waals surface area contributed by atoms with Gasteiger partial charge in [0.25, 0.3) is 0 Å². The van der Waals surface area contributed by atoms with Crippen LogP contribution < -0.4 is 0 Å². The van der Waals surface area contributed by atoms with Crippen LogP contribution in [0, 0.1) is 5.41 Å². The van der Waals surface area contributed by atoms with Crippen LogP contribution in [0.2, 0.25) is 0 Å². The minimum absolute atomic E-state index is 0.113. The summed E-state index contributed by atoms with van der Waals surface area (Å²) in [5.41, 5.74) is 2.54. The summed E-state index contributed by atoms with van der Waals surface area (Å²) < 4.78 is 11.4. The molecule has 0 spiro atoms. The highest BCUT2D eigenvalue weighted by Gasteiger charge is 2.36. The second kappa shape index (κ2) is 4.74. The van der Waals surface area contributed by atoms with E-state index in [2.05, 4.69) is 26.0 Å². The lowest BCUT2D eigenvalue weighted by atomic mass is 9.76. The molecule has 0 radical (unpaired) electrons. The lowest BCUT2D eigenvalue weighted by molar-refractivity contribution is -0.139. The number of carbonyl (C=O) groups is 1. The molecule has 0 N–H and O–H groups in total. The van der Waals surface area contributed by atoms with Gasteiger partial charge in [0.05, 0.1) is 6.10 Å². The second-order valence-corrected chi connectivity index (χ2v) is 6.34. The molecule has 2 aliphatic carbocycles. The van der Waals surface area contributed by atoms with Gasteiger partial charge in [-0.15, -0.1) is 0 Å². The van der Waals surface area contributed by atoms with Crippen molar-refractivity contribution in [2.75, 3.05) is 0 Å². The Balaban J connectivity index is 1.92. The van der Waals surface area contributed by atoms with Crippen LogP contribution in [0.1, 0.15) is 33.6 Å². The zero-order valence-corrected chi connectivity index (χ0v) is 12.2. The van der Waals surface area contributed by atoms with Gasteiger partial charge < -0.3 is 9.47 Å². The lowest BCUT2D eigenvalue weighted by Gasteiger charge is -2.39. The Morgan fingerprint density at radius 2 is 2.20 bits per heavy atom. The summed E-state index contributed by atoms with van der Waals surface area (Å²) in [7, 11) is 0. The molecule has 0 amide bonds. The largest absolute Gasteiger partial charge is 0.428 e. The fraction of sp³-hybridized carbons (Fsp3) is 0.471. The van der Waals surface area contributed by atoms with E-state index in [9.17, 15) is 4.79 Å². The van der Waals surface area contributed by atoms with Gasteiger partial charge in [0.1, 0.15) is 11.9 Å². The average molecular weight is 272 g/mol. The number of hydrogen-bond donors (Lipinski definition) is 0. The van der Waals surface area contributed by atoms with E-state index < -0.39 is 0 Å². The molecule has 1 aliphatic heterocycles. The van der Waals surface area contributed by atoms with Crippen LogP contribution in [0.4, 0.5) is 0 Å². The molecule has 2 atom stereocenters. The standard InChI is InChI=1S/C17H20O3/c1-11(18)19-15-6-4-5-12-9-13-10-17(2,3)8-7-14(13)20-16(12)15/h4-6,9-10,14,16H,7-8H2,1-3H3. The molecule has 0 aromatic carbocycles. The highest BCUT2D eigenvalue weighted by atomic mass is 16.6. The van der Waals surface area contributed by atoms with Crippen molar-refractivity contribution >= 4 is 5.97 Å². The molecule has 0 aromatic heterocycles. The van der Waals surface area contributed by atoms with Crippen molar-refractivity contribution in [1.29, 1.82) is 0 Å². The van der Waals surface area contributed by atoms with Gasteiger partial charge in [0.15, 0.2) is 0 Å². The first-order chi connectivity index (χ1) is 9.44. The lowest BCUT2D eigenvalue weighted by Crippen LogP contribution is -2.36. The van der Waals surface area contributed by atoms with Crippen LogP contribution in [0.3, 0.4) is 0 Å². The van der Waals surface area contributed by atoms with Crippen molar-refractivity contribution in [3.8, 4) is 0 Å². The van der Waals surface area contributed by atoms with Crippen LogP contribution in [-0.2, 0) is 14.3 Å². The highest BCUT2D eigenvalue weighted by Crippen LogP contribution is 2.41. The first-order valence-electron chi connectivity index (χ1n) is 7.11. The summed E-state index contributed by atoms with van der Waals surface area (Å²) in [6.07, 6.45) is 12.2. The average Bonchev–Trinajstić information content (AvgIpc) is 2.35. The Kier molecular flexibility index (Phi) is 3.17. The van der Waals surface area contributed by atoms with Gasteiger partial charge in [0.2, 0.25) is 0 Å². The smallest absolute Gasteiger partial charge is 0.307 e. The van der Waals surface area contributed by atoms with Crippen molar-refractivity contribution in [1.82, 2.24) is 0 Å². The van der Waals surface area contributed by atoms with Crippen LogP contribution >= 0.6 is 0 Å². The van der Waals surface area contributed by atoms with Crippen LogP contribution in [0.25, 0.3) is 0 Å². The van der Waals surface area contributed by atoms with Gasteiger partial charge in [-0.2, -0.15) is 0 Å². The summed E-state index contributed by atoms with van der Waals surface area (Å²) in [5, 5.41) is 0. The van der Waals surface area contributed by atoms with Gasteiger partial charge in [-0.05, 0) is 35.5 Å². The number of carbonyl (C=O) groups excluding carboxylic acids is 1. The number of allylic oxidation sites excluding steroid dienone is 3. The molecule has 0 saturated heterocycles. The number of fused-ring (bicyclic) bond motifs is 2. The fourth-order valence-electron chi connectivity index (χ4n) is 3.04. The second-order valence-electron chi connectivity index (χ2n) is 6.34. The third-order valence-electron chi connectivity index (χ3n) is 3.99. The Morgan fingerprint density at radius 1 is 1.40 bits per heavy atom. The van der Waals surface area contributed by atoms with Gasteiger partial charge in [-0.25, -0.2) is 0 Å². The van der Waals surface area contributed by atoms with Crippen LogP contribution in [-0.4, -0.2) is 18.2 Å². The number of esters is 1. The Bertz CT molecular complexity index is 561. The monoisotopic (exact) mass is 272 g/mol. The molecular weight excluding hydrogens is 252 g/mol. The zero-order chi connectivity index (χ0) is 14.3. The number of hydrogen-bond acceptors (Lipinski definition) is 3. The first kappa shape index (κ1) is 13.4. The topological polar surface area (TPSA) is 35.5 Å². The van der Waals surface area contributed by atoms with E-state index in [1.807, 2.05) is 18.2 Å². The third kappa shape index (κ3) is 2.50. The molecule has 0 bridgehead atoms. The van der Waals surface area contributed by atoms with E-state index in [-0.39, 0.29) is 23.6 Å². The molecule has 0 aromatic rings. The maximum Gasteiger partial charge on any atom is 0.307 e. The van der Waals surface area contributed by atoms with Crippen molar-refractivity contribution in [2.45, 2.75) is 45.8 Å². The Morgan fingerprint density at radius 3 is 2.95 bits per heavy atom. The van der Waals surface area contributed by atoms with Gasteiger partial charge in [-0.1, -0.05) is 38.2 Å². The van der Waals surface area contributed by atoms with E-state index in [0.717, 1.165) is 18.4 Å². The van der Waals surface area contributed by atoms with E-state index in [1.165, 1.54) is 12.5 Å². The molecular formula is C17H20O3. The maximum atomic E-state index is 11.2. The number of rotatable bonds is 1. The summed E-state index contributed by atoms with van der Waals surface area (Å²) in [4.78, 5) is 11.2. The Hall–Kier alpha value is -1.61. The molecule has 2 unspecified atom stereocenters.